The molecule has 0 aliphatic carbocycles. The van der Waals surface area contributed by atoms with E-state index in [1.807, 2.05) is 6.07 Å². The van der Waals surface area contributed by atoms with Crippen molar-refractivity contribution in [2.24, 2.45) is 0 Å². The molecule has 92 valence electrons. The third-order valence-corrected chi connectivity index (χ3v) is 3.10. The highest BCUT2D eigenvalue weighted by atomic mass is 16.5. The third kappa shape index (κ3) is 1.64. The fourth-order valence-corrected chi connectivity index (χ4v) is 2.29. The molecule has 5 nitrogen and oxygen atoms in total. The molecule has 3 rings (SSSR count). The van der Waals surface area contributed by atoms with Crippen LogP contribution in [-0.4, -0.2) is 22.7 Å². The van der Waals surface area contributed by atoms with Crippen LogP contribution in [0.4, 0.5) is 5.69 Å². The topological polar surface area (TPSA) is 66.6 Å². The van der Waals surface area contributed by atoms with E-state index in [0.29, 0.717) is 12.2 Å². The summed E-state index contributed by atoms with van der Waals surface area (Å²) in [6.07, 6.45) is 3.11. The van der Waals surface area contributed by atoms with Crippen molar-refractivity contribution in [2.45, 2.75) is 12.8 Å². The Kier molecular flexibility index (Phi) is 2.51. The molecule has 1 aliphatic heterocycles. The second-order valence-electron chi connectivity index (χ2n) is 4.23. The number of benzene rings is 1. The maximum atomic E-state index is 12.3. The largest absolute Gasteiger partial charge is 0.506 e. The van der Waals surface area contributed by atoms with Gasteiger partial charge >= 0.3 is 0 Å². The van der Waals surface area contributed by atoms with Crippen molar-refractivity contribution in [3.63, 3.8) is 0 Å². The normalized spacial score (nSPS) is 14.3. The summed E-state index contributed by atoms with van der Waals surface area (Å²) in [6, 6.07) is 6.83. The van der Waals surface area contributed by atoms with E-state index >= 15 is 0 Å². The Labute approximate surface area is 104 Å². The number of phenols is 1. The van der Waals surface area contributed by atoms with Crippen LogP contribution in [0.25, 0.3) is 0 Å². The molecule has 1 aromatic carbocycles. The lowest BCUT2D eigenvalue weighted by Gasteiger charge is -2.29. The standard InChI is InChI=1S/C13H12N2O3/c16-11-5-1-3-9-4-2-7-15(12(9)11)13(17)10-6-8-18-14-10/h1,3,5-6,8,16H,2,4,7H2. The minimum absolute atomic E-state index is 0.129. The number of rotatable bonds is 1. The fourth-order valence-electron chi connectivity index (χ4n) is 2.29. The maximum Gasteiger partial charge on any atom is 0.280 e. The average molecular weight is 244 g/mol. The fraction of sp³-hybridized carbons (Fsp3) is 0.231. The van der Waals surface area contributed by atoms with Gasteiger partial charge in [-0.1, -0.05) is 17.3 Å². The van der Waals surface area contributed by atoms with Crippen molar-refractivity contribution >= 4 is 11.6 Å². The lowest BCUT2D eigenvalue weighted by Crippen LogP contribution is -2.35. The number of aromatic hydroxyl groups is 1. The van der Waals surface area contributed by atoms with Gasteiger partial charge in [0.05, 0.1) is 5.69 Å². The lowest BCUT2D eigenvalue weighted by molar-refractivity contribution is 0.0975. The van der Waals surface area contributed by atoms with Crippen molar-refractivity contribution in [2.75, 3.05) is 11.4 Å². The molecule has 0 bridgehead atoms. The van der Waals surface area contributed by atoms with Crippen LogP contribution in [0.5, 0.6) is 5.75 Å². The Bertz CT molecular complexity index is 578. The van der Waals surface area contributed by atoms with Crippen LogP contribution < -0.4 is 4.90 Å². The molecule has 2 heterocycles. The Hall–Kier alpha value is -2.30. The highest BCUT2D eigenvalue weighted by Crippen LogP contribution is 2.35. The van der Waals surface area contributed by atoms with Crippen LogP contribution in [0.2, 0.25) is 0 Å². The Morgan fingerprint density at radius 3 is 3.06 bits per heavy atom. The van der Waals surface area contributed by atoms with Gasteiger partial charge in [0, 0.05) is 12.6 Å². The number of para-hydroxylation sites is 1. The summed E-state index contributed by atoms with van der Waals surface area (Å²) in [6.45, 7) is 0.580. The zero-order valence-electron chi connectivity index (χ0n) is 9.67. The minimum Gasteiger partial charge on any atom is -0.506 e. The second kappa shape index (κ2) is 4.18. The first-order valence-corrected chi connectivity index (χ1v) is 5.80. The monoisotopic (exact) mass is 244 g/mol. The molecule has 1 amide bonds. The van der Waals surface area contributed by atoms with Crippen LogP contribution in [-0.2, 0) is 6.42 Å². The zero-order chi connectivity index (χ0) is 12.5. The SMILES string of the molecule is O=C(c1ccon1)N1CCCc2cccc(O)c21. The van der Waals surface area contributed by atoms with Gasteiger partial charge in [0.2, 0.25) is 0 Å². The molecule has 0 unspecified atom stereocenters. The predicted molar refractivity (Wildman–Crippen MR) is 64.6 cm³/mol. The number of phenolic OH excluding ortho intramolecular Hbond substituents is 1. The van der Waals surface area contributed by atoms with Crippen LogP contribution in [0.1, 0.15) is 22.5 Å². The molecular formula is C13H12N2O3. The Morgan fingerprint density at radius 2 is 2.28 bits per heavy atom. The molecule has 0 saturated heterocycles. The van der Waals surface area contributed by atoms with Gasteiger partial charge in [-0.25, -0.2) is 0 Å². The summed E-state index contributed by atoms with van der Waals surface area (Å²) >= 11 is 0. The van der Waals surface area contributed by atoms with Crippen LogP contribution in [0, 0.1) is 0 Å². The predicted octanol–water partition coefficient (Wildman–Crippen LogP) is 1.97. The van der Waals surface area contributed by atoms with Crippen molar-refractivity contribution in [1.82, 2.24) is 5.16 Å². The minimum atomic E-state index is -0.244. The van der Waals surface area contributed by atoms with Gasteiger partial charge in [-0.3, -0.25) is 4.79 Å². The molecule has 5 heteroatoms. The number of amides is 1. The van der Waals surface area contributed by atoms with Crippen molar-refractivity contribution in [1.29, 1.82) is 0 Å². The van der Waals surface area contributed by atoms with Crippen LogP contribution >= 0.6 is 0 Å². The highest BCUT2D eigenvalue weighted by molar-refractivity contribution is 6.06. The lowest BCUT2D eigenvalue weighted by atomic mass is 10.0. The number of hydrogen-bond acceptors (Lipinski definition) is 4. The number of carbonyl (C=O) groups excluding carboxylic acids is 1. The van der Waals surface area contributed by atoms with E-state index in [-0.39, 0.29) is 17.4 Å². The van der Waals surface area contributed by atoms with E-state index in [9.17, 15) is 9.90 Å². The smallest absolute Gasteiger partial charge is 0.280 e. The van der Waals surface area contributed by atoms with E-state index in [1.165, 1.54) is 12.3 Å². The number of anilines is 1. The molecule has 1 aliphatic rings. The second-order valence-corrected chi connectivity index (χ2v) is 4.23. The number of hydrogen-bond donors (Lipinski definition) is 1. The summed E-state index contributed by atoms with van der Waals surface area (Å²) in [4.78, 5) is 13.8. The average Bonchev–Trinajstić information content (AvgIpc) is 2.91. The number of carbonyl (C=O) groups is 1. The van der Waals surface area contributed by atoms with Crippen molar-refractivity contribution < 1.29 is 14.4 Å². The Balaban J connectivity index is 2.04. The van der Waals surface area contributed by atoms with Gasteiger partial charge in [0.1, 0.15) is 12.0 Å². The molecule has 1 aromatic heterocycles. The van der Waals surface area contributed by atoms with E-state index in [4.69, 9.17) is 0 Å². The molecular weight excluding hydrogens is 232 g/mol. The summed E-state index contributed by atoms with van der Waals surface area (Å²) in [5.41, 5.74) is 1.83. The number of aryl methyl sites for hydroxylation is 1. The van der Waals surface area contributed by atoms with Crippen molar-refractivity contribution in [3.05, 3.63) is 41.8 Å². The van der Waals surface area contributed by atoms with Gasteiger partial charge in [-0.15, -0.1) is 0 Å². The van der Waals surface area contributed by atoms with E-state index in [1.54, 1.807) is 17.0 Å². The molecule has 0 saturated carbocycles. The van der Waals surface area contributed by atoms with E-state index in [0.717, 1.165) is 18.4 Å². The molecule has 2 aromatic rings. The number of fused-ring (bicyclic) bond motifs is 1. The van der Waals surface area contributed by atoms with Crippen LogP contribution in [0.15, 0.2) is 35.1 Å². The first-order valence-electron chi connectivity index (χ1n) is 5.80. The quantitative estimate of drug-likeness (QED) is 0.832. The summed E-state index contributed by atoms with van der Waals surface area (Å²) in [5, 5.41) is 13.6. The zero-order valence-corrected chi connectivity index (χ0v) is 9.67. The summed E-state index contributed by atoms with van der Waals surface area (Å²) < 4.78 is 4.68. The molecule has 18 heavy (non-hydrogen) atoms. The van der Waals surface area contributed by atoms with Gasteiger partial charge < -0.3 is 14.5 Å². The van der Waals surface area contributed by atoms with Gasteiger partial charge in [0.15, 0.2) is 5.69 Å². The van der Waals surface area contributed by atoms with Gasteiger partial charge in [-0.2, -0.15) is 0 Å². The molecule has 0 fully saturated rings. The molecule has 0 atom stereocenters. The van der Waals surface area contributed by atoms with E-state index in [2.05, 4.69) is 9.68 Å². The highest BCUT2D eigenvalue weighted by Gasteiger charge is 2.27. The van der Waals surface area contributed by atoms with E-state index < -0.39 is 0 Å². The van der Waals surface area contributed by atoms with Gasteiger partial charge in [0.25, 0.3) is 5.91 Å². The first kappa shape index (κ1) is 10.8. The third-order valence-electron chi connectivity index (χ3n) is 3.10. The Morgan fingerprint density at radius 1 is 1.39 bits per heavy atom. The van der Waals surface area contributed by atoms with Crippen molar-refractivity contribution in [3.8, 4) is 5.75 Å². The van der Waals surface area contributed by atoms with Gasteiger partial charge in [-0.05, 0) is 24.5 Å². The first-order chi connectivity index (χ1) is 8.77. The molecule has 0 radical (unpaired) electrons. The molecule has 0 spiro atoms. The number of nitrogens with zero attached hydrogens (tertiary/aromatic N) is 2. The summed E-state index contributed by atoms with van der Waals surface area (Å²) in [5.74, 6) is -0.116. The molecule has 1 N–H and O–H groups in total. The summed E-state index contributed by atoms with van der Waals surface area (Å²) in [7, 11) is 0. The maximum absolute atomic E-state index is 12.3. The number of aromatic nitrogens is 1. The van der Waals surface area contributed by atoms with Crippen LogP contribution in [0.3, 0.4) is 0 Å².